The highest BCUT2D eigenvalue weighted by Crippen LogP contribution is 2.22. The van der Waals surface area contributed by atoms with E-state index >= 15 is 0 Å². The van der Waals surface area contributed by atoms with E-state index in [1.54, 1.807) is 0 Å². The second-order valence-electron chi connectivity index (χ2n) is 4.98. The number of fused-ring (bicyclic) bond motifs is 1. The first-order valence-electron chi connectivity index (χ1n) is 6.32. The van der Waals surface area contributed by atoms with Crippen molar-refractivity contribution in [1.82, 2.24) is 9.55 Å². The zero-order valence-corrected chi connectivity index (χ0v) is 12.3. The summed E-state index contributed by atoms with van der Waals surface area (Å²) in [6.07, 6.45) is 2.35. The predicted molar refractivity (Wildman–Crippen MR) is 78.4 cm³/mol. The number of aromatic nitrogens is 2. The first-order valence-corrected chi connectivity index (χ1v) is 7.23. The lowest BCUT2D eigenvalue weighted by Crippen LogP contribution is -2.03. The first-order chi connectivity index (χ1) is 8.61. The summed E-state index contributed by atoms with van der Waals surface area (Å²) in [5.74, 6) is 2.09. The van der Waals surface area contributed by atoms with Crippen LogP contribution in [0.1, 0.15) is 32.5 Å². The molecular formula is C14H18Cl2N2. The highest BCUT2D eigenvalue weighted by molar-refractivity contribution is 6.31. The van der Waals surface area contributed by atoms with Crippen molar-refractivity contribution in [2.75, 3.05) is 0 Å². The van der Waals surface area contributed by atoms with Crippen molar-refractivity contribution in [2.45, 2.75) is 39.1 Å². The SMILES string of the molecule is CC(C)CCCn1c(CCl)nc2ccc(Cl)cc21. The van der Waals surface area contributed by atoms with Gasteiger partial charge in [0, 0.05) is 11.6 Å². The van der Waals surface area contributed by atoms with Crippen LogP contribution in [0.15, 0.2) is 18.2 Å². The number of rotatable bonds is 5. The monoisotopic (exact) mass is 284 g/mol. The molecule has 0 aliphatic rings. The van der Waals surface area contributed by atoms with Gasteiger partial charge in [0.15, 0.2) is 0 Å². The molecule has 1 heterocycles. The van der Waals surface area contributed by atoms with Crippen LogP contribution >= 0.6 is 23.2 Å². The molecule has 0 atom stereocenters. The average Bonchev–Trinajstić information content (AvgIpc) is 2.66. The molecule has 0 spiro atoms. The van der Waals surface area contributed by atoms with Crippen LogP contribution in [0.4, 0.5) is 0 Å². The zero-order valence-electron chi connectivity index (χ0n) is 10.8. The number of benzene rings is 1. The summed E-state index contributed by atoms with van der Waals surface area (Å²) < 4.78 is 2.19. The normalized spacial score (nSPS) is 11.6. The Labute approximate surface area is 118 Å². The highest BCUT2D eigenvalue weighted by Gasteiger charge is 2.10. The van der Waals surface area contributed by atoms with E-state index in [2.05, 4.69) is 23.4 Å². The topological polar surface area (TPSA) is 17.8 Å². The maximum Gasteiger partial charge on any atom is 0.124 e. The third-order valence-electron chi connectivity index (χ3n) is 3.07. The van der Waals surface area contributed by atoms with Gasteiger partial charge in [0.1, 0.15) is 5.82 Å². The van der Waals surface area contributed by atoms with E-state index in [1.165, 1.54) is 6.42 Å². The number of hydrogen-bond donors (Lipinski definition) is 0. The van der Waals surface area contributed by atoms with Crippen LogP contribution in [0.2, 0.25) is 5.02 Å². The number of alkyl halides is 1. The Hall–Kier alpha value is -0.730. The molecule has 98 valence electrons. The van der Waals surface area contributed by atoms with Gasteiger partial charge in [-0.1, -0.05) is 25.4 Å². The standard InChI is InChI=1S/C14H18Cl2N2/c1-10(2)4-3-7-18-13-8-11(16)5-6-12(13)17-14(18)9-15/h5-6,8,10H,3-4,7,9H2,1-2H3. The molecular weight excluding hydrogens is 267 g/mol. The second-order valence-corrected chi connectivity index (χ2v) is 5.69. The maximum absolute atomic E-state index is 6.05. The van der Waals surface area contributed by atoms with Crippen molar-refractivity contribution in [3.8, 4) is 0 Å². The summed E-state index contributed by atoms with van der Waals surface area (Å²) in [6.45, 7) is 5.44. The fourth-order valence-electron chi connectivity index (χ4n) is 2.15. The number of nitrogens with zero attached hydrogens (tertiary/aromatic N) is 2. The molecule has 0 amide bonds. The van der Waals surface area contributed by atoms with Gasteiger partial charge in [0.2, 0.25) is 0 Å². The second kappa shape index (κ2) is 5.94. The van der Waals surface area contributed by atoms with E-state index in [1.807, 2.05) is 18.2 Å². The summed E-state index contributed by atoms with van der Waals surface area (Å²) in [4.78, 5) is 4.54. The zero-order chi connectivity index (χ0) is 13.1. The van der Waals surface area contributed by atoms with Gasteiger partial charge in [0.05, 0.1) is 16.9 Å². The molecule has 0 N–H and O–H groups in total. The van der Waals surface area contributed by atoms with Gasteiger partial charge in [-0.2, -0.15) is 0 Å². The van der Waals surface area contributed by atoms with Crippen molar-refractivity contribution < 1.29 is 0 Å². The van der Waals surface area contributed by atoms with E-state index in [-0.39, 0.29) is 0 Å². The molecule has 18 heavy (non-hydrogen) atoms. The van der Waals surface area contributed by atoms with Crippen molar-refractivity contribution in [3.05, 3.63) is 29.0 Å². The lowest BCUT2D eigenvalue weighted by atomic mass is 10.1. The lowest BCUT2D eigenvalue weighted by molar-refractivity contribution is 0.512. The summed E-state index contributed by atoms with van der Waals surface area (Å²) in [7, 11) is 0. The Morgan fingerprint density at radius 3 is 2.78 bits per heavy atom. The van der Waals surface area contributed by atoms with Gasteiger partial charge in [-0.25, -0.2) is 4.98 Å². The third kappa shape index (κ3) is 2.99. The Morgan fingerprint density at radius 1 is 1.33 bits per heavy atom. The van der Waals surface area contributed by atoms with Crippen molar-refractivity contribution in [2.24, 2.45) is 5.92 Å². The molecule has 0 radical (unpaired) electrons. The summed E-state index contributed by atoms with van der Waals surface area (Å²) >= 11 is 12.0. The molecule has 1 aromatic carbocycles. The van der Waals surface area contributed by atoms with Gasteiger partial charge in [-0.15, -0.1) is 11.6 Å². The fourth-order valence-corrected chi connectivity index (χ4v) is 2.53. The van der Waals surface area contributed by atoms with Crippen LogP contribution in [-0.2, 0) is 12.4 Å². The van der Waals surface area contributed by atoms with Crippen molar-refractivity contribution >= 4 is 34.2 Å². The summed E-state index contributed by atoms with van der Waals surface area (Å²) in [5, 5.41) is 0.744. The Balaban J connectivity index is 2.30. The molecule has 0 aliphatic heterocycles. The quantitative estimate of drug-likeness (QED) is 0.717. The van der Waals surface area contributed by atoms with Crippen LogP contribution in [0.5, 0.6) is 0 Å². The summed E-state index contributed by atoms with van der Waals surface area (Å²) in [6, 6.07) is 5.79. The van der Waals surface area contributed by atoms with Gasteiger partial charge in [0.25, 0.3) is 0 Å². The van der Waals surface area contributed by atoms with Crippen LogP contribution in [-0.4, -0.2) is 9.55 Å². The van der Waals surface area contributed by atoms with E-state index in [0.29, 0.717) is 5.88 Å². The van der Waals surface area contributed by atoms with Crippen LogP contribution in [0, 0.1) is 5.92 Å². The largest absolute Gasteiger partial charge is 0.327 e. The molecule has 0 unspecified atom stereocenters. The molecule has 0 saturated carbocycles. The van der Waals surface area contributed by atoms with Crippen LogP contribution in [0.3, 0.4) is 0 Å². The molecule has 2 nitrogen and oxygen atoms in total. The van der Waals surface area contributed by atoms with E-state index < -0.39 is 0 Å². The Bertz CT molecular complexity index is 532. The average molecular weight is 285 g/mol. The van der Waals surface area contributed by atoms with Crippen molar-refractivity contribution in [3.63, 3.8) is 0 Å². The molecule has 0 fully saturated rings. The number of imidazole rings is 1. The molecule has 0 bridgehead atoms. The van der Waals surface area contributed by atoms with Gasteiger partial charge < -0.3 is 4.57 Å². The van der Waals surface area contributed by atoms with Crippen LogP contribution < -0.4 is 0 Å². The fraction of sp³-hybridized carbons (Fsp3) is 0.500. The number of aryl methyl sites for hydroxylation is 1. The Morgan fingerprint density at radius 2 is 2.11 bits per heavy atom. The molecule has 0 saturated heterocycles. The molecule has 2 rings (SSSR count). The smallest absolute Gasteiger partial charge is 0.124 e. The molecule has 0 aliphatic carbocycles. The number of halogens is 2. The lowest BCUT2D eigenvalue weighted by Gasteiger charge is -2.09. The minimum absolute atomic E-state index is 0.438. The third-order valence-corrected chi connectivity index (χ3v) is 3.55. The minimum Gasteiger partial charge on any atom is -0.327 e. The van der Waals surface area contributed by atoms with E-state index in [4.69, 9.17) is 23.2 Å². The molecule has 1 aromatic heterocycles. The predicted octanol–water partition coefficient (Wildman–Crippen LogP) is 4.86. The first kappa shape index (κ1) is 13.7. The van der Waals surface area contributed by atoms with Gasteiger partial charge >= 0.3 is 0 Å². The van der Waals surface area contributed by atoms with Gasteiger partial charge in [-0.05, 0) is 37.0 Å². The van der Waals surface area contributed by atoms with E-state index in [0.717, 1.165) is 40.8 Å². The van der Waals surface area contributed by atoms with Crippen molar-refractivity contribution in [1.29, 1.82) is 0 Å². The summed E-state index contributed by atoms with van der Waals surface area (Å²) in [5.41, 5.74) is 2.06. The minimum atomic E-state index is 0.438. The number of hydrogen-bond acceptors (Lipinski definition) is 1. The molecule has 2 aromatic rings. The van der Waals surface area contributed by atoms with E-state index in [9.17, 15) is 0 Å². The highest BCUT2D eigenvalue weighted by atomic mass is 35.5. The maximum atomic E-state index is 6.05. The Kier molecular flexibility index (Phi) is 4.52. The van der Waals surface area contributed by atoms with Crippen LogP contribution in [0.25, 0.3) is 11.0 Å². The molecule has 4 heteroatoms. The van der Waals surface area contributed by atoms with Gasteiger partial charge in [-0.3, -0.25) is 0 Å².